The lowest BCUT2D eigenvalue weighted by atomic mass is 10.1. The summed E-state index contributed by atoms with van der Waals surface area (Å²) in [5.74, 6) is -0.313. The highest BCUT2D eigenvalue weighted by Crippen LogP contribution is 2.15. The van der Waals surface area contributed by atoms with E-state index in [1.807, 2.05) is 36.4 Å². The summed E-state index contributed by atoms with van der Waals surface area (Å²) in [7, 11) is 0. The first kappa shape index (κ1) is 16.9. The summed E-state index contributed by atoms with van der Waals surface area (Å²) in [4.78, 5) is 25.4. The van der Waals surface area contributed by atoms with Crippen LogP contribution in [-0.4, -0.2) is 15.7 Å². The molecule has 3 aromatic rings. The van der Waals surface area contributed by atoms with Crippen LogP contribution in [0.4, 0.5) is 5.69 Å². The van der Waals surface area contributed by atoms with Crippen LogP contribution in [0.15, 0.2) is 59.4 Å². The molecule has 0 atom stereocenters. The summed E-state index contributed by atoms with van der Waals surface area (Å²) in [6.07, 6.45) is 2.94. The summed E-state index contributed by atoms with van der Waals surface area (Å²) in [5.41, 5.74) is 0.820. The lowest BCUT2D eigenvalue weighted by Gasteiger charge is -2.11. The zero-order valence-corrected chi connectivity index (χ0v) is 14.2. The van der Waals surface area contributed by atoms with Crippen LogP contribution in [-0.2, 0) is 6.54 Å². The maximum atomic E-state index is 12.7. The number of para-hydroxylation sites is 1. The standard InChI is InChI=1S/C20H21N3O2/c1-2-3-9-14-23-20(25)17-13-8-7-12-16(17)18(22-23)19(24)21-15-10-5-4-6-11-15/h4-8,10-13H,2-3,9,14H2,1H3,(H,21,24). The van der Waals surface area contributed by atoms with E-state index in [-0.39, 0.29) is 17.2 Å². The van der Waals surface area contributed by atoms with Crippen LogP contribution in [0.3, 0.4) is 0 Å². The van der Waals surface area contributed by atoms with Gasteiger partial charge >= 0.3 is 0 Å². The Hall–Kier alpha value is -2.95. The van der Waals surface area contributed by atoms with Gasteiger partial charge in [-0.05, 0) is 24.6 Å². The maximum absolute atomic E-state index is 12.7. The number of hydrogen-bond acceptors (Lipinski definition) is 3. The molecule has 3 rings (SSSR count). The molecule has 0 aliphatic carbocycles. The van der Waals surface area contributed by atoms with Gasteiger partial charge in [0.25, 0.3) is 11.5 Å². The predicted molar refractivity (Wildman–Crippen MR) is 99.9 cm³/mol. The number of hydrogen-bond donors (Lipinski definition) is 1. The molecule has 0 saturated carbocycles. The second-order valence-corrected chi connectivity index (χ2v) is 5.95. The SMILES string of the molecule is CCCCCn1nc(C(=O)Nc2ccccc2)c2ccccc2c1=O. The van der Waals surface area contributed by atoms with Crippen molar-refractivity contribution in [3.8, 4) is 0 Å². The minimum atomic E-state index is -0.313. The molecule has 1 heterocycles. The van der Waals surface area contributed by atoms with Crippen LogP contribution >= 0.6 is 0 Å². The van der Waals surface area contributed by atoms with Crippen molar-refractivity contribution in [2.45, 2.75) is 32.7 Å². The number of benzene rings is 2. The molecule has 0 aliphatic heterocycles. The molecule has 0 fully saturated rings. The van der Waals surface area contributed by atoms with Crippen molar-refractivity contribution in [3.05, 3.63) is 70.6 Å². The second-order valence-electron chi connectivity index (χ2n) is 5.95. The maximum Gasteiger partial charge on any atom is 0.276 e. The second kappa shape index (κ2) is 7.75. The van der Waals surface area contributed by atoms with Crippen molar-refractivity contribution in [2.75, 3.05) is 5.32 Å². The van der Waals surface area contributed by atoms with E-state index in [1.165, 1.54) is 4.68 Å². The van der Waals surface area contributed by atoms with Gasteiger partial charge in [0.05, 0.1) is 5.39 Å². The number of anilines is 1. The van der Waals surface area contributed by atoms with E-state index in [2.05, 4.69) is 17.3 Å². The van der Waals surface area contributed by atoms with E-state index in [1.54, 1.807) is 18.2 Å². The fourth-order valence-corrected chi connectivity index (χ4v) is 2.78. The molecule has 2 aromatic carbocycles. The molecule has 25 heavy (non-hydrogen) atoms. The number of amides is 1. The highest BCUT2D eigenvalue weighted by atomic mass is 16.2. The fourth-order valence-electron chi connectivity index (χ4n) is 2.78. The number of carbonyl (C=O) groups excluding carboxylic acids is 1. The minimum Gasteiger partial charge on any atom is -0.321 e. The number of carbonyl (C=O) groups is 1. The first-order chi connectivity index (χ1) is 12.2. The van der Waals surface area contributed by atoms with E-state index in [4.69, 9.17) is 0 Å². The molecule has 5 nitrogen and oxygen atoms in total. The Bertz CT molecular complexity index is 933. The third kappa shape index (κ3) is 3.76. The number of aromatic nitrogens is 2. The molecule has 128 valence electrons. The number of fused-ring (bicyclic) bond motifs is 1. The highest BCUT2D eigenvalue weighted by Gasteiger charge is 2.16. The first-order valence-electron chi connectivity index (χ1n) is 8.57. The molecule has 1 N–H and O–H groups in total. The van der Waals surface area contributed by atoms with Crippen LogP contribution in [0.25, 0.3) is 10.8 Å². The lowest BCUT2D eigenvalue weighted by molar-refractivity contribution is 0.102. The van der Waals surface area contributed by atoms with Crippen LogP contribution in [0.2, 0.25) is 0 Å². The summed E-state index contributed by atoms with van der Waals surface area (Å²) >= 11 is 0. The highest BCUT2D eigenvalue weighted by molar-refractivity contribution is 6.11. The van der Waals surface area contributed by atoms with E-state index < -0.39 is 0 Å². The van der Waals surface area contributed by atoms with Gasteiger partial charge in [-0.15, -0.1) is 0 Å². The molecule has 0 aliphatic rings. The van der Waals surface area contributed by atoms with E-state index in [9.17, 15) is 9.59 Å². The van der Waals surface area contributed by atoms with E-state index >= 15 is 0 Å². The van der Waals surface area contributed by atoms with E-state index in [0.717, 1.165) is 19.3 Å². The number of rotatable bonds is 6. The molecule has 1 aromatic heterocycles. The monoisotopic (exact) mass is 335 g/mol. The molecule has 0 radical (unpaired) electrons. The largest absolute Gasteiger partial charge is 0.321 e. The van der Waals surface area contributed by atoms with Gasteiger partial charge in [0, 0.05) is 17.6 Å². The number of nitrogens with zero attached hydrogens (tertiary/aromatic N) is 2. The smallest absolute Gasteiger partial charge is 0.276 e. The Morgan fingerprint density at radius 1 is 1.00 bits per heavy atom. The Kier molecular flexibility index (Phi) is 5.23. The van der Waals surface area contributed by atoms with Crippen molar-refractivity contribution in [1.82, 2.24) is 9.78 Å². The van der Waals surface area contributed by atoms with Crippen molar-refractivity contribution in [1.29, 1.82) is 0 Å². The van der Waals surface area contributed by atoms with Crippen LogP contribution in [0.5, 0.6) is 0 Å². The molecule has 0 spiro atoms. The summed E-state index contributed by atoms with van der Waals surface area (Å²) in [5, 5.41) is 8.31. The molecular weight excluding hydrogens is 314 g/mol. The normalized spacial score (nSPS) is 10.8. The van der Waals surface area contributed by atoms with Crippen LogP contribution < -0.4 is 10.9 Å². The number of nitrogens with one attached hydrogen (secondary N) is 1. The zero-order valence-electron chi connectivity index (χ0n) is 14.2. The molecular formula is C20H21N3O2. The van der Waals surface area contributed by atoms with E-state index in [0.29, 0.717) is 23.0 Å². The topological polar surface area (TPSA) is 64.0 Å². The average Bonchev–Trinajstić information content (AvgIpc) is 2.64. The lowest BCUT2D eigenvalue weighted by Crippen LogP contribution is -2.27. The molecule has 0 saturated heterocycles. The number of aryl methyl sites for hydroxylation is 1. The van der Waals surface area contributed by atoms with Gasteiger partial charge in [0.2, 0.25) is 0 Å². The average molecular weight is 335 g/mol. The first-order valence-corrected chi connectivity index (χ1v) is 8.57. The predicted octanol–water partition coefficient (Wildman–Crippen LogP) is 3.84. The van der Waals surface area contributed by atoms with Gasteiger partial charge in [-0.3, -0.25) is 9.59 Å². The molecule has 0 bridgehead atoms. The summed E-state index contributed by atoms with van der Waals surface area (Å²) < 4.78 is 1.41. The fraction of sp³-hybridized carbons (Fsp3) is 0.250. The third-order valence-electron chi connectivity index (χ3n) is 4.09. The Labute approximate surface area is 146 Å². The summed E-state index contributed by atoms with van der Waals surface area (Å²) in [6.45, 7) is 2.62. The Morgan fingerprint density at radius 3 is 2.40 bits per heavy atom. The van der Waals surface area contributed by atoms with Crippen LogP contribution in [0, 0.1) is 0 Å². The van der Waals surface area contributed by atoms with Gasteiger partial charge in [-0.1, -0.05) is 56.2 Å². The van der Waals surface area contributed by atoms with Gasteiger partial charge in [-0.2, -0.15) is 5.10 Å². The Morgan fingerprint density at radius 2 is 1.68 bits per heavy atom. The van der Waals surface area contributed by atoms with Crippen molar-refractivity contribution >= 4 is 22.4 Å². The van der Waals surface area contributed by atoms with Gasteiger partial charge in [-0.25, -0.2) is 4.68 Å². The van der Waals surface area contributed by atoms with Gasteiger partial charge in [0.1, 0.15) is 0 Å². The van der Waals surface area contributed by atoms with Crippen LogP contribution in [0.1, 0.15) is 36.7 Å². The molecule has 0 unspecified atom stereocenters. The summed E-state index contributed by atoms with van der Waals surface area (Å²) in [6, 6.07) is 16.4. The zero-order chi connectivity index (χ0) is 17.6. The van der Waals surface area contributed by atoms with Crippen molar-refractivity contribution < 1.29 is 4.79 Å². The van der Waals surface area contributed by atoms with Gasteiger partial charge in [0.15, 0.2) is 5.69 Å². The minimum absolute atomic E-state index is 0.150. The van der Waals surface area contributed by atoms with Crippen molar-refractivity contribution in [3.63, 3.8) is 0 Å². The Balaban J connectivity index is 2.02. The van der Waals surface area contributed by atoms with Crippen molar-refractivity contribution in [2.24, 2.45) is 0 Å². The number of unbranched alkanes of at least 4 members (excludes halogenated alkanes) is 2. The molecule has 5 heteroatoms. The van der Waals surface area contributed by atoms with Gasteiger partial charge < -0.3 is 5.32 Å². The third-order valence-corrected chi connectivity index (χ3v) is 4.09. The molecule has 1 amide bonds. The quantitative estimate of drug-likeness (QED) is 0.696.